The Bertz CT molecular complexity index is 720. The van der Waals surface area contributed by atoms with Crippen LogP contribution < -0.4 is 9.47 Å². The minimum Gasteiger partial charge on any atom is -0.502 e. The number of nitrogens with zero attached hydrogens (tertiary/aromatic N) is 1. The Balaban J connectivity index is 2.41. The van der Waals surface area contributed by atoms with Crippen LogP contribution in [-0.2, 0) is 9.59 Å². The molecule has 0 bridgehead atoms. The number of hydrogen-bond acceptors (Lipinski definition) is 7. The quantitative estimate of drug-likeness (QED) is 0.602. The first kappa shape index (κ1) is 18.1. The van der Waals surface area contributed by atoms with Crippen molar-refractivity contribution in [3.8, 4) is 17.2 Å². The predicted octanol–water partition coefficient (Wildman–Crippen LogP) is 2.08. The van der Waals surface area contributed by atoms with Crippen LogP contribution in [0.4, 0.5) is 0 Å². The number of hydrogen-bond donors (Lipinski definition) is 2. The number of carbonyl (C=O) groups excluding carboxylic acids is 1. The highest BCUT2D eigenvalue weighted by molar-refractivity contribution is 8.26. The largest absolute Gasteiger partial charge is 0.502 e. The van der Waals surface area contributed by atoms with Crippen LogP contribution in [0.5, 0.6) is 17.2 Å². The number of aromatic hydroxyl groups is 1. The SMILES string of the molecule is COc1cc(/C=C2\SC(=S)N([C@@H](C)C(=O)O)C2=O)cc(OC)c1O. The maximum atomic E-state index is 12.4. The molecule has 7 nitrogen and oxygen atoms in total. The van der Waals surface area contributed by atoms with Crippen LogP contribution in [0.1, 0.15) is 12.5 Å². The molecule has 9 heteroatoms. The van der Waals surface area contributed by atoms with Crippen molar-refractivity contribution in [2.45, 2.75) is 13.0 Å². The second-order valence-electron chi connectivity index (χ2n) is 4.84. The molecule has 2 N–H and O–H groups in total. The minimum absolute atomic E-state index is 0.149. The van der Waals surface area contributed by atoms with E-state index in [2.05, 4.69) is 0 Å². The van der Waals surface area contributed by atoms with Crippen LogP contribution in [0.25, 0.3) is 6.08 Å². The summed E-state index contributed by atoms with van der Waals surface area (Å²) in [5, 5.41) is 19.0. The smallest absolute Gasteiger partial charge is 0.326 e. The van der Waals surface area contributed by atoms with Gasteiger partial charge in [0.1, 0.15) is 10.4 Å². The van der Waals surface area contributed by atoms with Crippen LogP contribution >= 0.6 is 24.0 Å². The molecular formula is C15H15NO6S2. The Morgan fingerprint density at radius 1 is 1.33 bits per heavy atom. The molecule has 2 rings (SSSR count). The fourth-order valence-corrected chi connectivity index (χ4v) is 3.49. The molecule has 128 valence electrons. The molecule has 0 spiro atoms. The first-order valence-electron chi connectivity index (χ1n) is 6.75. The zero-order valence-corrected chi connectivity index (χ0v) is 14.7. The van der Waals surface area contributed by atoms with Crippen molar-refractivity contribution in [3.63, 3.8) is 0 Å². The van der Waals surface area contributed by atoms with Crippen molar-refractivity contribution in [2.75, 3.05) is 14.2 Å². The molecule has 1 aliphatic heterocycles. The Morgan fingerprint density at radius 3 is 2.33 bits per heavy atom. The molecule has 1 amide bonds. The average Bonchev–Trinajstić information content (AvgIpc) is 2.81. The number of benzene rings is 1. The van der Waals surface area contributed by atoms with Crippen LogP contribution in [0, 0.1) is 0 Å². The molecule has 1 atom stereocenters. The molecule has 0 aromatic heterocycles. The van der Waals surface area contributed by atoms with Gasteiger partial charge in [-0.25, -0.2) is 4.79 Å². The Labute approximate surface area is 147 Å². The lowest BCUT2D eigenvalue weighted by Crippen LogP contribution is -2.41. The molecule has 1 aliphatic rings. The molecule has 0 radical (unpaired) electrons. The second kappa shape index (κ2) is 7.10. The zero-order valence-electron chi connectivity index (χ0n) is 13.1. The predicted molar refractivity (Wildman–Crippen MR) is 93.3 cm³/mol. The van der Waals surface area contributed by atoms with Crippen molar-refractivity contribution < 1.29 is 29.3 Å². The number of thioether (sulfide) groups is 1. The maximum Gasteiger partial charge on any atom is 0.326 e. The summed E-state index contributed by atoms with van der Waals surface area (Å²) < 4.78 is 10.3. The lowest BCUT2D eigenvalue weighted by molar-refractivity contribution is -0.144. The van der Waals surface area contributed by atoms with Crippen molar-refractivity contribution >= 4 is 46.3 Å². The molecular weight excluding hydrogens is 354 g/mol. The second-order valence-corrected chi connectivity index (χ2v) is 6.52. The van der Waals surface area contributed by atoms with E-state index in [1.807, 2.05) is 0 Å². The summed E-state index contributed by atoms with van der Waals surface area (Å²) in [6, 6.07) is 2.02. The molecule has 0 unspecified atom stereocenters. The van der Waals surface area contributed by atoms with Gasteiger partial charge in [-0.05, 0) is 30.7 Å². The van der Waals surface area contributed by atoms with Gasteiger partial charge in [0, 0.05) is 0 Å². The van der Waals surface area contributed by atoms with Gasteiger partial charge in [-0.3, -0.25) is 9.69 Å². The van der Waals surface area contributed by atoms with Gasteiger partial charge in [-0.15, -0.1) is 0 Å². The highest BCUT2D eigenvalue weighted by atomic mass is 32.2. The Kier molecular flexibility index (Phi) is 5.35. The van der Waals surface area contributed by atoms with E-state index in [4.69, 9.17) is 26.8 Å². The number of carboxylic acids is 1. The summed E-state index contributed by atoms with van der Waals surface area (Å²) in [5.74, 6) is -1.39. The van der Waals surface area contributed by atoms with E-state index in [1.54, 1.807) is 6.08 Å². The van der Waals surface area contributed by atoms with Crippen molar-refractivity contribution in [1.29, 1.82) is 0 Å². The molecule has 0 aliphatic carbocycles. The van der Waals surface area contributed by atoms with Gasteiger partial charge in [0.05, 0.1) is 19.1 Å². The fourth-order valence-electron chi connectivity index (χ4n) is 2.07. The van der Waals surface area contributed by atoms with Crippen molar-refractivity contribution in [2.24, 2.45) is 0 Å². The number of aliphatic carboxylic acids is 1. The lowest BCUT2D eigenvalue weighted by Gasteiger charge is -2.18. The van der Waals surface area contributed by atoms with Gasteiger partial charge >= 0.3 is 5.97 Å². The van der Waals surface area contributed by atoms with Gasteiger partial charge in [0.15, 0.2) is 11.5 Å². The highest BCUT2D eigenvalue weighted by Gasteiger charge is 2.38. The summed E-state index contributed by atoms with van der Waals surface area (Å²) in [7, 11) is 2.79. The van der Waals surface area contributed by atoms with E-state index in [0.29, 0.717) is 5.56 Å². The number of thiocarbonyl (C=S) groups is 1. The third-order valence-corrected chi connectivity index (χ3v) is 4.70. The van der Waals surface area contributed by atoms with Crippen LogP contribution in [-0.4, -0.2) is 51.6 Å². The molecule has 0 saturated carbocycles. The summed E-state index contributed by atoms with van der Waals surface area (Å²) in [4.78, 5) is 24.9. The standard InChI is InChI=1S/C15H15NO6S2/c1-7(14(19)20)16-13(18)11(24-15(16)23)6-8-4-9(21-2)12(17)10(5-8)22-3/h4-7,17H,1-3H3,(H,19,20)/b11-6-/t7-/m0/s1. The number of ether oxygens (including phenoxy) is 2. The lowest BCUT2D eigenvalue weighted by atomic mass is 10.1. The number of amides is 1. The number of carbonyl (C=O) groups is 2. The normalized spacial score (nSPS) is 17.3. The van der Waals surface area contributed by atoms with Gasteiger partial charge in [-0.1, -0.05) is 24.0 Å². The average molecular weight is 369 g/mol. The number of phenols is 1. The number of rotatable bonds is 5. The van der Waals surface area contributed by atoms with Gasteiger partial charge in [0.2, 0.25) is 5.75 Å². The minimum atomic E-state index is -1.14. The van der Waals surface area contributed by atoms with Gasteiger partial charge in [0.25, 0.3) is 5.91 Å². The van der Waals surface area contributed by atoms with Crippen LogP contribution in [0.3, 0.4) is 0 Å². The summed E-state index contributed by atoms with van der Waals surface area (Å²) in [6.07, 6.45) is 1.54. The summed E-state index contributed by atoms with van der Waals surface area (Å²) in [6.45, 7) is 1.39. The van der Waals surface area contributed by atoms with E-state index in [-0.39, 0.29) is 26.5 Å². The molecule has 1 aromatic carbocycles. The third-order valence-electron chi connectivity index (χ3n) is 3.37. The van der Waals surface area contributed by atoms with Crippen molar-refractivity contribution in [1.82, 2.24) is 4.90 Å². The maximum absolute atomic E-state index is 12.4. The summed E-state index contributed by atoms with van der Waals surface area (Å²) in [5.41, 5.74) is 0.546. The van der Waals surface area contributed by atoms with Gasteiger partial charge < -0.3 is 19.7 Å². The van der Waals surface area contributed by atoms with Crippen LogP contribution in [0.2, 0.25) is 0 Å². The monoisotopic (exact) mass is 369 g/mol. The zero-order chi connectivity index (χ0) is 18.0. The van der Waals surface area contributed by atoms with Crippen molar-refractivity contribution in [3.05, 3.63) is 22.6 Å². The van der Waals surface area contributed by atoms with E-state index in [1.165, 1.54) is 33.3 Å². The number of methoxy groups -OCH3 is 2. The van der Waals surface area contributed by atoms with Gasteiger partial charge in [-0.2, -0.15) is 0 Å². The van der Waals surface area contributed by atoms with E-state index in [0.717, 1.165) is 16.7 Å². The fraction of sp³-hybridized carbons (Fsp3) is 0.267. The molecule has 1 heterocycles. The topological polar surface area (TPSA) is 96.3 Å². The van der Waals surface area contributed by atoms with Crippen LogP contribution in [0.15, 0.2) is 17.0 Å². The third kappa shape index (κ3) is 3.31. The first-order valence-corrected chi connectivity index (χ1v) is 7.97. The molecule has 1 aromatic rings. The molecule has 1 saturated heterocycles. The Hall–Kier alpha value is -2.26. The van der Waals surface area contributed by atoms with E-state index >= 15 is 0 Å². The number of carboxylic acid groups (broad SMARTS) is 1. The Morgan fingerprint density at radius 2 is 1.88 bits per heavy atom. The molecule has 24 heavy (non-hydrogen) atoms. The summed E-state index contributed by atoms with van der Waals surface area (Å²) >= 11 is 6.11. The van der Waals surface area contributed by atoms with E-state index < -0.39 is 17.9 Å². The van der Waals surface area contributed by atoms with E-state index in [9.17, 15) is 14.7 Å². The first-order chi connectivity index (χ1) is 11.3. The number of phenolic OH excluding ortho intramolecular Hbond substituents is 1. The highest BCUT2D eigenvalue weighted by Crippen LogP contribution is 2.39. The molecule has 1 fully saturated rings.